The van der Waals surface area contributed by atoms with Crippen LogP contribution in [0, 0.1) is 17.0 Å². The molecule has 0 aromatic heterocycles. The number of nitrogens with zero attached hydrogens (tertiary/aromatic N) is 3. The number of hydrogen-bond donors (Lipinski definition) is 2. The number of fused-ring (bicyclic) bond motifs is 3. The van der Waals surface area contributed by atoms with E-state index in [1.165, 1.54) is 31.1 Å². The standard InChI is InChI=1S/C33H40ClF2N5O3/c1-4-29(42)40-14-20(3)41(15-19(40)2)33(37)26-13-27(34)30(25-10-7-21(35)12-28(25)36)32-31(26)38-22(16-44-32)6-5-11-39-23-8-9-24(39)18-43-17-23/h4,7,10,12-13,19-20,22-24,37-38H,1,5-6,8-9,11,14-18H2,2-3H3/t19-,20+,22-,23?,24?/m1/s1. The third-order valence-corrected chi connectivity index (χ3v) is 9.86. The third-order valence-electron chi connectivity index (χ3n) is 9.56. The summed E-state index contributed by atoms with van der Waals surface area (Å²) in [5.41, 5.74) is 1.57. The number of rotatable bonds is 7. The Balaban J connectivity index is 1.29. The molecule has 4 aliphatic heterocycles. The van der Waals surface area contributed by atoms with Crippen LogP contribution in [0.15, 0.2) is 36.9 Å². The number of halogens is 3. The monoisotopic (exact) mass is 627 g/mol. The van der Waals surface area contributed by atoms with Crippen molar-refractivity contribution >= 4 is 29.0 Å². The van der Waals surface area contributed by atoms with Gasteiger partial charge in [0.25, 0.3) is 0 Å². The van der Waals surface area contributed by atoms with Gasteiger partial charge in [0, 0.05) is 60.0 Å². The van der Waals surface area contributed by atoms with E-state index >= 15 is 4.39 Å². The normalized spacial score (nSPS) is 26.5. The predicted molar refractivity (Wildman–Crippen MR) is 168 cm³/mol. The van der Waals surface area contributed by atoms with Crippen LogP contribution in [-0.2, 0) is 9.53 Å². The maximum atomic E-state index is 15.1. The zero-order chi connectivity index (χ0) is 31.1. The van der Waals surface area contributed by atoms with Gasteiger partial charge in [0.15, 0.2) is 5.75 Å². The maximum Gasteiger partial charge on any atom is 0.246 e. The summed E-state index contributed by atoms with van der Waals surface area (Å²) in [5.74, 6) is -0.968. The molecule has 11 heteroatoms. The van der Waals surface area contributed by atoms with Gasteiger partial charge in [-0.15, -0.1) is 0 Å². The molecule has 2 unspecified atom stereocenters. The number of ether oxygens (including phenoxy) is 2. The van der Waals surface area contributed by atoms with E-state index in [4.69, 9.17) is 21.1 Å². The minimum absolute atomic E-state index is 0.0294. The fourth-order valence-electron chi connectivity index (χ4n) is 7.25. The Labute approximate surface area is 262 Å². The van der Waals surface area contributed by atoms with Gasteiger partial charge in [-0.3, -0.25) is 15.1 Å². The number of morpholine rings is 1. The van der Waals surface area contributed by atoms with E-state index in [0.29, 0.717) is 54.3 Å². The first-order valence-electron chi connectivity index (χ1n) is 15.5. The van der Waals surface area contributed by atoms with Crippen molar-refractivity contribution in [3.05, 3.63) is 59.1 Å². The SMILES string of the molecule is C=CC(=O)N1C[C@H](C)N(C(=N)c2cc(Cl)c(-c3ccc(F)cc3F)c3c2N[C@H](CCCN2C4CCC2COC4)CO3)C[C@H]1C. The molecular weight excluding hydrogens is 588 g/mol. The van der Waals surface area contributed by atoms with Gasteiger partial charge in [0.05, 0.1) is 30.0 Å². The summed E-state index contributed by atoms with van der Waals surface area (Å²) in [6.45, 7) is 11.4. The van der Waals surface area contributed by atoms with Gasteiger partial charge in [-0.2, -0.15) is 0 Å². The van der Waals surface area contributed by atoms with Gasteiger partial charge < -0.3 is 24.6 Å². The molecule has 2 aromatic carbocycles. The lowest BCUT2D eigenvalue weighted by Crippen LogP contribution is -2.59. The van der Waals surface area contributed by atoms with Gasteiger partial charge in [0.2, 0.25) is 5.91 Å². The Morgan fingerprint density at radius 3 is 2.52 bits per heavy atom. The second kappa shape index (κ2) is 12.7. The van der Waals surface area contributed by atoms with Gasteiger partial charge >= 0.3 is 0 Å². The summed E-state index contributed by atoms with van der Waals surface area (Å²) in [7, 11) is 0. The van der Waals surface area contributed by atoms with Crippen molar-refractivity contribution < 1.29 is 23.0 Å². The summed E-state index contributed by atoms with van der Waals surface area (Å²) in [6.07, 6.45) is 5.51. The van der Waals surface area contributed by atoms with E-state index in [-0.39, 0.29) is 40.5 Å². The Morgan fingerprint density at radius 2 is 1.82 bits per heavy atom. The number of amidine groups is 1. The van der Waals surface area contributed by atoms with Crippen LogP contribution in [0.2, 0.25) is 5.02 Å². The van der Waals surface area contributed by atoms with Gasteiger partial charge in [-0.1, -0.05) is 18.2 Å². The molecule has 5 atom stereocenters. The fourth-order valence-corrected chi connectivity index (χ4v) is 7.54. The Hall–Kier alpha value is -3.21. The van der Waals surface area contributed by atoms with Crippen LogP contribution in [0.5, 0.6) is 5.75 Å². The molecule has 0 saturated carbocycles. The third kappa shape index (κ3) is 5.79. The van der Waals surface area contributed by atoms with E-state index in [0.717, 1.165) is 38.7 Å². The molecule has 3 saturated heterocycles. The van der Waals surface area contributed by atoms with Crippen LogP contribution in [0.3, 0.4) is 0 Å². The van der Waals surface area contributed by atoms with Gasteiger partial charge in [-0.25, -0.2) is 8.78 Å². The number of benzene rings is 2. The van der Waals surface area contributed by atoms with Crippen molar-refractivity contribution in [3.63, 3.8) is 0 Å². The van der Waals surface area contributed by atoms with Crippen LogP contribution in [0.4, 0.5) is 14.5 Å². The number of anilines is 1. The molecule has 2 bridgehead atoms. The summed E-state index contributed by atoms with van der Waals surface area (Å²) < 4.78 is 41.0. The molecule has 3 fully saturated rings. The molecule has 44 heavy (non-hydrogen) atoms. The lowest BCUT2D eigenvalue weighted by Gasteiger charge is -2.45. The van der Waals surface area contributed by atoms with Crippen molar-refractivity contribution in [1.29, 1.82) is 5.41 Å². The molecule has 236 valence electrons. The number of carbonyl (C=O) groups is 1. The zero-order valence-electron chi connectivity index (χ0n) is 25.3. The smallest absolute Gasteiger partial charge is 0.246 e. The second-order valence-electron chi connectivity index (χ2n) is 12.5. The van der Waals surface area contributed by atoms with E-state index < -0.39 is 11.6 Å². The summed E-state index contributed by atoms with van der Waals surface area (Å²) in [6, 6.07) is 5.75. The lowest BCUT2D eigenvalue weighted by atomic mass is 9.96. The summed E-state index contributed by atoms with van der Waals surface area (Å²) >= 11 is 6.82. The molecule has 0 spiro atoms. The van der Waals surface area contributed by atoms with E-state index in [2.05, 4.69) is 16.8 Å². The minimum Gasteiger partial charge on any atom is -0.489 e. The summed E-state index contributed by atoms with van der Waals surface area (Å²) in [5, 5.41) is 13.2. The first-order valence-corrected chi connectivity index (χ1v) is 15.9. The average Bonchev–Trinajstić information content (AvgIpc) is 3.22. The fraction of sp³-hybridized carbons (Fsp3) is 0.515. The molecular formula is C33H40ClF2N5O3. The predicted octanol–water partition coefficient (Wildman–Crippen LogP) is 5.53. The van der Waals surface area contributed by atoms with Crippen molar-refractivity contribution in [2.75, 3.05) is 44.8 Å². The lowest BCUT2D eigenvalue weighted by molar-refractivity contribution is -0.130. The first-order chi connectivity index (χ1) is 21.2. The number of hydrogen-bond acceptors (Lipinski definition) is 6. The zero-order valence-corrected chi connectivity index (χ0v) is 26.0. The van der Waals surface area contributed by atoms with Crippen molar-refractivity contribution in [2.24, 2.45) is 0 Å². The largest absolute Gasteiger partial charge is 0.489 e. The average molecular weight is 628 g/mol. The number of nitrogens with one attached hydrogen (secondary N) is 2. The molecule has 4 aliphatic rings. The van der Waals surface area contributed by atoms with Gasteiger partial charge in [0.1, 0.15) is 24.1 Å². The van der Waals surface area contributed by atoms with Crippen LogP contribution >= 0.6 is 11.6 Å². The van der Waals surface area contributed by atoms with Crippen molar-refractivity contribution in [2.45, 2.75) is 69.7 Å². The number of piperazine rings is 1. The Morgan fingerprint density at radius 1 is 1.11 bits per heavy atom. The Kier molecular flexibility index (Phi) is 8.86. The maximum absolute atomic E-state index is 15.1. The van der Waals surface area contributed by atoms with Crippen molar-refractivity contribution in [1.82, 2.24) is 14.7 Å². The molecule has 2 aromatic rings. The highest BCUT2D eigenvalue weighted by Gasteiger charge is 2.38. The minimum atomic E-state index is -0.742. The van der Waals surface area contributed by atoms with Crippen LogP contribution in [0.25, 0.3) is 11.1 Å². The summed E-state index contributed by atoms with van der Waals surface area (Å²) in [4.78, 5) is 18.7. The number of amides is 1. The molecule has 0 radical (unpaired) electrons. The molecule has 0 aliphatic carbocycles. The van der Waals surface area contributed by atoms with E-state index in [1.807, 2.05) is 18.7 Å². The first kappa shape index (κ1) is 30.8. The van der Waals surface area contributed by atoms with Crippen LogP contribution in [0.1, 0.15) is 45.1 Å². The topological polar surface area (TPSA) is 81.1 Å². The highest BCUT2D eigenvalue weighted by Crippen LogP contribution is 2.47. The highest BCUT2D eigenvalue weighted by atomic mass is 35.5. The Bertz CT molecular complexity index is 1440. The molecule has 2 N–H and O–H groups in total. The second-order valence-corrected chi connectivity index (χ2v) is 12.9. The number of carbonyl (C=O) groups excluding carboxylic acids is 1. The van der Waals surface area contributed by atoms with Crippen molar-refractivity contribution in [3.8, 4) is 16.9 Å². The highest BCUT2D eigenvalue weighted by molar-refractivity contribution is 6.34. The molecule has 6 rings (SSSR count). The van der Waals surface area contributed by atoms with Crippen LogP contribution in [-0.4, -0.2) is 96.1 Å². The van der Waals surface area contributed by atoms with Crippen LogP contribution < -0.4 is 10.1 Å². The molecule has 4 heterocycles. The quantitative estimate of drug-likeness (QED) is 0.239. The van der Waals surface area contributed by atoms with E-state index in [1.54, 1.807) is 11.0 Å². The van der Waals surface area contributed by atoms with Gasteiger partial charge in [-0.05, 0) is 70.4 Å². The molecule has 1 amide bonds. The van der Waals surface area contributed by atoms with E-state index in [9.17, 15) is 14.6 Å². The molecule has 8 nitrogen and oxygen atoms in total.